The molecule has 1 atom stereocenters. The van der Waals surface area contributed by atoms with Gasteiger partial charge in [-0.1, -0.05) is 12.1 Å². The Morgan fingerprint density at radius 2 is 1.62 bits per heavy atom. The Bertz CT molecular complexity index is 663. The van der Waals surface area contributed by atoms with Crippen LogP contribution in [0.3, 0.4) is 0 Å². The SMILES string of the molecule is CC(=O)c1ccc(C(=O)NC(CS(=O)(=O)O)C(=O)O)cc1. The van der Waals surface area contributed by atoms with Gasteiger partial charge >= 0.3 is 5.97 Å². The molecule has 3 N–H and O–H groups in total. The Labute approximate surface area is 120 Å². The van der Waals surface area contributed by atoms with Crippen LogP contribution in [0.1, 0.15) is 27.6 Å². The summed E-state index contributed by atoms with van der Waals surface area (Å²) in [5, 5.41) is 10.8. The van der Waals surface area contributed by atoms with Crippen LogP contribution in [0.2, 0.25) is 0 Å². The molecule has 1 amide bonds. The number of carboxylic acid groups (broad SMARTS) is 1. The van der Waals surface area contributed by atoms with Gasteiger partial charge in [-0.2, -0.15) is 8.42 Å². The highest BCUT2D eigenvalue weighted by molar-refractivity contribution is 7.85. The van der Waals surface area contributed by atoms with E-state index in [1.807, 2.05) is 5.32 Å². The lowest BCUT2D eigenvalue weighted by molar-refractivity contribution is -0.138. The highest BCUT2D eigenvalue weighted by Gasteiger charge is 2.26. The van der Waals surface area contributed by atoms with Gasteiger partial charge in [0, 0.05) is 11.1 Å². The molecule has 8 nitrogen and oxygen atoms in total. The lowest BCUT2D eigenvalue weighted by atomic mass is 10.1. The molecule has 1 unspecified atom stereocenters. The Morgan fingerprint density at radius 3 is 2.00 bits per heavy atom. The summed E-state index contributed by atoms with van der Waals surface area (Å²) in [5.41, 5.74) is 0.431. The molecule has 0 aliphatic rings. The molecule has 1 aromatic carbocycles. The van der Waals surface area contributed by atoms with Crippen LogP contribution in [-0.4, -0.2) is 47.5 Å². The maximum absolute atomic E-state index is 11.8. The largest absolute Gasteiger partial charge is 0.480 e. The smallest absolute Gasteiger partial charge is 0.327 e. The Balaban J connectivity index is 2.87. The number of benzene rings is 1. The minimum absolute atomic E-state index is 0.0570. The Morgan fingerprint density at radius 1 is 1.14 bits per heavy atom. The summed E-state index contributed by atoms with van der Waals surface area (Å²) in [6.07, 6.45) is 0. The standard InChI is InChI=1S/C12H13NO7S/c1-7(14)8-2-4-9(5-3-8)11(15)13-10(12(16)17)6-21(18,19)20/h2-5,10H,6H2,1H3,(H,13,15)(H,16,17)(H,18,19,20). The Kier molecular flexibility index (Phi) is 5.17. The average Bonchev–Trinajstić information content (AvgIpc) is 2.36. The van der Waals surface area contributed by atoms with Crippen molar-refractivity contribution in [3.05, 3.63) is 35.4 Å². The number of carboxylic acids is 1. The highest BCUT2D eigenvalue weighted by Crippen LogP contribution is 2.06. The zero-order valence-corrected chi connectivity index (χ0v) is 11.8. The quantitative estimate of drug-likeness (QED) is 0.494. The van der Waals surface area contributed by atoms with Gasteiger partial charge < -0.3 is 10.4 Å². The molecule has 0 heterocycles. The molecule has 0 saturated heterocycles. The minimum atomic E-state index is -4.55. The van der Waals surface area contributed by atoms with Crippen LogP contribution >= 0.6 is 0 Å². The summed E-state index contributed by atoms with van der Waals surface area (Å²) < 4.78 is 30.0. The van der Waals surface area contributed by atoms with Crippen molar-refractivity contribution in [1.82, 2.24) is 5.32 Å². The molecule has 0 bridgehead atoms. The van der Waals surface area contributed by atoms with E-state index in [1.54, 1.807) is 0 Å². The normalized spacial score (nSPS) is 12.5. The molecule has 0 spiro atoms. The number of aliphatic carboxylic acids is 1. The van der Waals surface area contributed by atoms with Gasteiger partial charge in [-0.25, -0.2) is 4.79 Å². The number of nitrogens with one attached hydrogen (secondary N) is 1. The molecule has 1 rings (SSSR count). The molecule has 21 heavy (non-hydrogen) atoms. The maximum atomic E-state index is 11.8. The van der Waals surface area contributed by atoms with Crippen LogP contribution in [0.5, 0.6) is 0 Å². The first-order chi connectivity index (χ1) is 9.60. The van der Waals surface area contributed by atoms with Gasteiger partial charge in [0.25, 0.3) is 16.0 Å². The number of hydrogen-bond donors (Lipinski definition) is 3. The summed E-state index contributed by atoms with van der Waals surface area (Å²) in [5.74, 6) is -3.76. The molecule has 0 fully saturated rings. The molecule has 114 valence electrons. The van der Waals surface area contributed by atoms with Crippen molar-refractivity contribution in [1.29, 1.82) is 0 Å². The number of carbonyl (C=O) groups is 3. The van der Waals surface area contributed by atoms with Crippen molar-refractivity contribution in [2.24, 2.45) is 0 Å². The number of carbonyl (C=O) groups excluding carboxylic acids is 2. The fourth-order valence-corrected chi connectivity index (χ4v) is 2.13. The molecule has 9 heteroatoms. The molecular formula is C12H13NO7S. The van der Waals surface area contributed by atoms with Crippen LogP contribution in [0.15, 0.2) is 24.3 Å². The lowest BCUT2D eigenvalue weighted by Crippen LogP contribution is -2.45. The van der Waals surface area contributed by atoms with E-state index in [-0.39, 0.29) is 11.3 Å². The number of Topliss-reactive ketones (excluding diaryl/α,β-unsaturated/α-hetero) is 1. The van der Waals surface area contributed by atoms with Crippen LogP contribution in [0.25, 0.3) is 0 Å². The predicted molar refractivity (Wildman–Crippen MR) is 71.8 cm³/mol. The van der Waals surface area contributed by atoms with Gasteiger partial charge in [0.1, 0.15) is 11.8 Å². The number of hydrogen-bond acceptors (Lipinski definition) is 5. The minimum Gasteiger partial charge on any atom is -0.480 e. The monoisotopic (exact) mass is 315 g/mol. The molecule has 0 aliphatic carbocycles. The molecular weight excluding hydrogens is 302 g/mol. The highest BCUT2D eigenvalue weighted by atomic mass is 32.2. The summed E-state index contributed by atoms with van der Waals surface area (Å²) >= 11 is 0. The van der Waals surface area contributed by atoms with Crippen molar-refractivity contribution >= 4 is 27.8 Å². The van der Waals surface area contributed by atoms with Crippen molar-refractivity contribution in [3.63, 3.8) is 0 Å². The first-order valence-electron chi connectivity index (χ1n) is 5.70. The second-order valence-electron chi connectivity index (χ2n) is 4.25. The first-order valence-corrected chi connectivity index (χ1v) is 7.31. The third kappa shape index (κ3) is 5.32. The van der Waals surface area contributed by atoms with E-state index < -0.39 is 33.8 Å². The first kappa shape index (κ1) is 16.8. The average molecular weight is 315 g/mol. The number of amides is 1. The topological polar surface area (TPSA) is 138 Å². The molecule has 0 radical (unpaired) electrons. The van der Waals surface area contributed by atoms with E-state index in [4.69, 9.17) is 9.66 Å². The third-order valence-electron chi connectivity index (χ3n) is 2.53. The molecule has 0 aliphatic heterocycles. The lowest BCUT2D eigenvalue weighted by Gasteiger charge is -2.13. The van der Waals surface area contributed by atoms with Crippen molar-refractivity contribution < 1.29 is 32.5 Å². The second kappa shape index (κ2) is 6.46. The van der Waals surface area contributed by atoms with Gasteiger partial charge in [0.15, 0.2) is 5.78 Å². The fraction of sp³-hybridized carbons (Fsp3) is 0.250. The summed E-state index contributed by atoms with van der Waals surface area (Å²) in [6, 6.07) is 3.60. The molecule has 0 aromatic heterocycles. The fourth-order valence-electron chi connectivity index (χ4n) is 1.48. The van der Waals surface area contributed by atoms with Crippen molar-refractivity contribution in [2.45, 2.75) is 13.0 Å². The molecule has 1 aromatic rings. The van der Waals surface area contributed by atoms with Crippen LogP contribution < -0.4 is 5.32 Å². The predicted octanol–water partition coefficient (Wildman–Crippen LogP) is -0.0400. The maximum Gasteiger partial charge on any atom is 0.327 e. The van der Waals surface area contributed by atoms with Crippen LogP contribution in [0, 0.1) is 0 Å². The zero-order valence-electron chi connectivity index (χ0n) is 10.9. The summed E-state index contributed by atoms with van der Waals surface area (Å²) in [7, 11) is -4.55. The van der Waals surface area contributed by atoms with Crippen LogP contribution in [-0.2, 0) is 14.9 Å². The Hall–Kier alpha value is -2.26. The van der Waals surface area contributed by atoms with Gasteiger partial charge in [0.05, 0.1) is 0 Å². The van der Waals surface area contributed by atoms with Crippen LogP contribution in [0.4, 0.5) is 0 Å². The van der Waals surface area contributed by atoms with Gasteiger partial charge in [-0.15, -0.1) is 0 Å². The van der Waals surface area contributed by atoms with E-state index in [0.717, 1.165) is 0 Å². The van der Waals surface area contributed by atoms with Crippen molar-refractivity contribution in [2.75, 3.05) is 5.75 Å². The third-order valence-corrected chi connectivity index (χ3v) is 3.29. The zero-order chi connectivity index (χ0) is 16.2. The van der Waals surface area contributed by atoms with Crippen molar-refractivity contribution in [3.8, 4) is 0 Å². The second-order valence-corrected chi connectivity index (χ2v) is 5.74. The summed E-state index contributed by atoms with van der Waals surface area (Å²) in [4.78, 5) is 33.7. The van der Waals surface area contributed by atoms with Gasteiger partial charge in [-0.05, 0) is 19.1 Å². The van der Waals surface area contributed by atoms with E-state index in [1.165, 1.54) is 31.2 Å². The van der Waals surface area contributed by atoms with E-state index in [0.29, 0.717) is 5.56 Å². The van der Waals surface area contributed by atoms with E-state index in [2.05, 4.69) is 0 Å². The van der Waals surface area contributed by atoms with E-state index >= 15 is 0 Å². The van der Waals surface area contributed by atoms with Gasteiger partial charge in [-0.3, -0.25) is 14.1 Å². The van der Waals surface area contributed by atoms with Gasteiger partial charge in [0.2, 0.25) is 0 Å². The number of ketones is 1. The number of rotatable bonds is 6. The molecule has 0 saturated carbocycles. The summed E-state index contributed by atoms with van der Waals surface area (Å²) in [6.45, 7) is 1.35. The van der Waals surface area contributed by atoms with E-state index in [9.17, 15) is 22.8 Å².